The second-order valence-electron chi connectivity index (χ2n) is 4.36. The van der Waals surface area contributed by atoms with Crippen molar-refractivity contribution in [1.82, 2.24) is 4.90 Å². The minimum Gasteiger partial charge on any atom is -0.329 e. The van der Waals surface area contributed by atoms with E-state index in [1.165, 1.54) is 6.07 Å². The van der Waals surface area contributed by atoms with E-state index < -0.39 is 0 Å². The molecule has 3 heteroatoms. The molecule has 17 heavy (non-hydrogen) atoms. The van der Waals surface area contributed by atoms with Crippen LogP contribution in [0.25, 0.3) is 0 Å². The molecule has 1 aromatic carbocycles. The average Bonchev–Trinajstić information content (AvgIpc) is 2.36. The molecule has 0 radical (unpaired) electrons. The number of hydrogen-bond acceptors (Lipinski definition) is 2. The molecule has 1 rings (SSSR count). The molecule has 1 aromatic rings. The summed E-state index contributed by atoms with van der Waals surface area (Å²) in [7, 11) is 0. The summed E-state index contributed by atoms with van der Waals surface area (Å²) in [5.41, 5.74) is 6.54. The largest absolute Gasteiger partial charge is 0.329 e. The number of halogens is 1. The van der Waals surface area contributed by atoms with Crippen molar-refractivity contribution < 1.29 is 4.39 Å². The monoisotopic (exact) mass is 238 g/mol. The predicted octanol–water partition coefficient (Wildman–Crippen LogP) is 2.95. The van der Waals surface area contributed by atoms with Gasteiger partial charge >= 0.3 is 0 Å². The van der Waals surface area contributed by atoms with Crippen LogP contribution in [0.1, 0.15) is 38.8 Å². The van der Waals surface area contributed by atoms with Crippen LogP contribution in [0, 0.1) is 5.82 Å². The maximum atomic E-state index is 13.8. The average molecular weight is 238 g/mol. The van der Waals surface area contributed by atoms with E-state index in [1.807, 2.05) is 12.1 Å². The van der Waals surface area contributed by atoms with Crippen molar-refractivity contribution in [2.45, 2.75) is 39.3 Å². The lowest BCUT2D eigenvalue weighted by Gasteiger charge is -2.35. The summed E-state index contributed by atoms with van der Waals surface area (Å²) in [6, 6.07) is 7.29. The normalized spacial score (nSPS) is 14.9. The minimum absolute atomic E-state index is 0.0313. The van der Waals surface area contributed by atoms with Gasteiger partial charge in [-0.2, -0.15) is 0 Å². The molecule has 2 N–H and O–H groups in total. The fourth-order valence-electron chi connectivity index (χ4n) is 2.26. The van der Waals surface area contributed by atoms with Gasteiger partial charge in [-0.3, -0.25) is 4.90 Å². The minimum atomic E-state index is -0.162. The predicted molar refractivity (Wildman–Crippen MR) is 70.3 cm³/mol. The van der Waals surface area contributed by atoms with Gasteiger partial charge in [0.1, 0.15) is 5.82 Å². The maximum Gasteiger partial charge on any atom is 0.128 e. The Morgan fingerprint density at radius 2 is 1.94 bits per heavy atom. The van der Waals surface area contributed by atoms with Crippen LogP contribution in [0.5, 0.6) is 0 Å². The van der Waals surface area contributed by atoms with Crippen LogP contribution >= 0.6 is 0 Å². The first-order valence-corrected chi connectivity index (χ1v) is 6.35. The number of benzene rings is 1. The van der Waals surface area contributed by atoms with E-state index in [-0.39, 0.29) is 11.9 Å². The zero-order valence-electron chi connectivity index (χ0n) is 11.0. The van der Waals surface area contributed by atoms with Gasteiger partial charge in [-0.25, -0.2) is 4.39 Å². The van der Waals surface area contributed by atoms with Crippen molar-refractivity contribution in [3.05, 3.63) is 35.6 Å². The molecule has 2 unspecified atom stereocenters. The quantitative estimate of drug-likeness (QED) is 0.825. The Morgan fingerprint density at radius 1 is 1.29 bits per heavy atom. The Morgan fingerprint density at radius 3 is 2.41 bits per heavy atom. The molecule has 0 heterocycles. The molecule has 0 saturated carbocycles. The highest BCUT2D eigenvalue weighted by molar-refractivity contribution is 5.21. The lowest BCUT2D eigenvalue weighted by Crippen LogP contribution is -2.40. The van der Waals surface area contributed by atoms with E-state index in [0.29, 0.717) is 18.2 Å². The molecule has 0 aliphatic carbocycles. The summed E-state index contributed by atoms with van der Waals surface area (Å²) < 4.78 is 13.8. The molecule has 0 aliphatic heterocycles. The van der Waals surface area contributed by atoms with Crippen molar-refractivity contribution in [3.8, 4) is 0 Å². The number of rotatable bonds is 6. The summed E-state index contributed by atoms with van der Waals surface area (Å²) in [6.07, 6.45) is 1.04. The van der Waals surface area contributed by atoms with E-state index in [4.69, 9.17) is 5.73 Å². The van der Waals surface area contributed by atoms with Gasteiger partial charge < -0.3 is 5.73 Å². The third-order valence-corrected chi connectivity index (χ3v) is 3.41. The smallest absolute Gasteiger partial charge is 0.128 e. The lowest BCUT2D eigenvalue weighted by atomic mass is 10.0. The van der Waals surface area contributed by atoms with Gasteiger partial charge in [0, 0.05) is 18.2 Å². The van der Waals surface area contributed by atoms with Gasteiger partial charge in [-0.05, 0) is 26.0 Å². The fraction of sp³-hybridized carbons (Fsp3) is 0.571. The first kappa shape index (κ1) is 14.1. The van der Waals surface area contributed by atoms with Crippen LogP contribution in [0.4, 0.5) is 4.39 Å². The van der Waals surface area contributed by atoms with Gasteiger partial charge in [0.15, 0.2) is 0 Å². The van der Waals surface area contributed by atoms with Crippen molar-refractivity contribution in [2.24, 2.45) is 5.73 Å². The second-order valence-corrected chi connectivity index (χ2v) is 4.36. The first-order valence-electron chi connectivity index (χ1n) is 6.35. The van der Waals surface area contributed by atoms with Crippen molar-refractivity contribution in [1.29, 1.82) is 0 Å². The summed E-state index contributed by atoms with van der Waals surface area (Å²) in [4.78, 5) is 2.26. The van der Waals surface area contributed by atoms with Crippen LogP contribution in [-0.2, 0) is 0 Å². The molecule has 0 aliphatic rings. The highest BCUT2D eigenvalue weighted by atomic mass is 19.1. The van der Waals surface area contributed by atoms with Crippen molar-refractivity contribution >= 4 is 0 Å². The molecule has 0 spiro atoms. The Hall–Kier alpha value is -0.930. The van der Waals surface area contributed by atoms with Crippen LogP contribution in [0.3, 0.4) is 0 Å². The number of hydrogen-bond donors (Lipinski definition) is 1. The second kappa shape index (κ2) is 6.72. The van der Waals surface area contributed by atoms with E-state index in [0.717, 1.165) is 13.0 Å². The first-order chi connectivity index (χ1) is 8.15. The summed E-state index contributed by atoms with van der Waals surface area (Å²) in [5, 5.41) is 0. The van der Waals surface area contributed by atoms with E-state index in [9.17, 15) is 4.39 Å². The zero-order chi connectivity index (χ0) is 12.8. The van der Waals surface area contributed by atoms with Crippen LogP contribution in [0.15, 0.2) is 24.3 Å². The van der Waals surface area contributed by atoms with Gasteiger partial charge in [-0.15, -0.1) is 0 Å². The zero-order valence-corrected chi connectivity index (χ0v) is 11.0. The van der Waals surface area contributed by atoms with Crippen LogP contribution in [-0.4, -0.2) is 24.0 Å². The standard InChI is InChI=1S/C14H23FN2/c1-4-11(3)17(5-2)14(10-16)12-8-6-7-9-13(12)15/h6-9,11,14H,4-5,10,16H2,1-3H3. The SMILES string of the molecule is CCC(C)N(CC)C(CN)c1ccccc1F. The Labute approximate surface area is 104 Å². The summed E-state index contributed by atoms with van der Waals surface area (Å²) >= 11 is 0. The number of nitrogens with zero attached hydrogens (tertiary/aromatic N) is 1. The molecular weight excluding hydrogens is 215 g/mol. The van der Waals surface area contributed by atoms with E-state index in [1.54, 1.807) is 6.07 Å². The molecule has 0 saturated heterocycles. The molecule has 2 atom stereocenters. The van der Waals surface area contributed by atoms with E-state index >= 15 is 0 Å². The molecule has 0 bridgehead atoms. The molecule has 0 aromatic heterocycles. The highest BCUT2D eigenvalue weighted by Crippen LogP contribution is 2.24. The van der Waals surface area contributed by atoms with Gasteiger partial charge in [0.25, 0.3) is 0 Å². The molecule has 0 fully saturated rings. The Kier molecular flexibility index (Phi) is 5.59. The van der Waals surface area contributed by atoms with Crippen LogP contribution < -0.4 is 5.73 Å². The third-order valence-electron chi connectivity index (χ3n) is 3.41. The lowest BCUT2D eigenvalue weighted by molar-refractivity contribution is 0.149. The van der Waals surface area contributed by atoms with Crippen LogP contribution in [0.2, 0.25) is 0 Å². The van der Waals surface area contributed by atoms with Crippen molar-refractivity contribution in [3.63, 3.8) is 0 Å². The maximum absolute atomic E-state index is 13.8. The van der Waals surface area contributed by atoms with E-state index in [2.05, 4.69) is 25.7 Å². The molecular formula is C14H23FN2. The topological polar surface area (TPSA) is 29.3 Å². The van der Waals surface area contributed by atoms with Crippen molar-refractivity contribution in [2.75, 3.05) is 13.1 Å². The van der Waals surface area contributed by atoms with Gasteiger partial charge in [-0.1, -0.05) is 32.0 Å². The highest BCUT2D eigenvalue weighted by Gasteiger charge is 2.23. The molecule has 0 amide bonds. The number of likely N-dealkylation sites (N-methyl/N-ethyl adjacent to an activating group) is 1. The Bertz CT molecular complexity index is 341. The van der Waals surface area contributed by atoms with Gasteiger partial charge in [0.2, 0.25) is 0 Å². The number of nitrogens with two attached hydrogens (primary N) is 1. The summed E-state index contributed by atoms with van der Waals surface area (Å²) in [5.74, 6) is -0.162. The fourth-order valence-corrected chi connectivity index (χ4v) is 2.26. The molecule has 96 valence electrons. The third kappa shape index (κ3) is 3.27. The molecule has 2 nitrogen and oxygen atoms in total. The Balaban J connectivity index is 3.01. The summed E-state index contributed by atoms with van der Waals surface area (Å²) in [6.45, 7) is 7.72. The van der Waals surface area contributed by atoms with Gasteiger partial charge in [0.05, 0.1) is 6.04 Å².